The first kappa shape index (κ1) is 10.6. The van der Waals surface area contributed by atoms with Gasteiger partial charge in [-0.1, -0.05) is 19.1 Å². The molecule has 1 aromatic rings. The maximum atomic E-state index is 12.9. The number of nitrogens with one attached hydrogen (secondary N) is 1. The van der Waals surface area contributed by atoms with E-state index in [1.807, 2.05) is 6.07 Å². The summed E-state index contributed by atoms with van der Waals surface area (Å²) in [6.07, 6.45) is 3.84. The minimum atomic E-state index is -0.144. The Morgan fingerprint density at radius 2 is 2.27 bits per heavy atom. The molecule has 1 aliphatic carbocycles. The van der Waals surface area contributed by atoms with Crippen molar-refractivity contribution in [2.45, 2.75) is 38.8 Å². The number of halogens is 1. The molecule has 2 atom stereocenters. The lowest BCUT2D eigenvalue weighted by Crippen LogP contribution is -2.25. The van der Waals surface area contributed by atoms with Crippen LogP contribution in [0.25, 0.3) is 0 Å². The fourth-order valence-corrected chi connectivity index (χ4v) is 2.30. The largest absolute Gasteiger partial charge is 0.310 e. The highest BCUT2D eigenvalue weighted by molar-refractivity contribution is 5.16. The third kappa shape index (κ3) is 3.03. The number of hydrogen-bond donors (Lipinski definition) is 1. The van der Waals surface area contributed by atoms with E-state index in [1.54, 1.807) is 12.1 Å². The minimum absolute atomic E-state index is 0.144. The van der Waals surface area contributed by atoms with E-state index in [0.717, 1.165) is 18.0 Å². The van der Waals surface area contributed by atoms with Crippen molar-refractivity contribution >= 4 is 0 Å². The molecule has 82 valence electrons. The molecule has 1 aromatic carbocycles. The molecule has 1 nitrogen and oxygen atoms in total. The predicted molar refractivity (Wildman–Crippen MR) is 60.0 cm³/mol. The maximum absolute atomic E-state index is 12.9. The molecular formula is C13H18FN. The van der Waals surface area contributed by atoms with E-state index in [0.29, 0.717) is 6.04 Å². The van der Waals surface area contributed by atoms with Gasteiger partial charge in [-0.05, 0) is 42.9 Å². The zero-order chi connectivity index (χ0) is 10.7. The Labute approximate surface area is 90.7 Å². The van der Waals surface area contributed by atoms with E-state index < -0.39 is 0 Å². The molecule has 1 N–H and O–H groups in total. The van der Waals surface area contributed by atoms with Gasteiger partial charge < -0.3 is 5.32 Å². The molecule has 0 unspecified atom stereocenters. The summed E-state index contributed by atoms with van der Waals surface area (Å²) in [5.74, 6) is 0.698. The summed E-state index contributed by atoms with van der Waals surface area (Å²) >= 11 is 0. The monoisotopic (exact) mass is 207 g/mol. The zero-order valence-electron chi connectivity index (χ0n) is 9.17. The van der Waals surface area contributed by atoms with Gasteiger partial charge in [0.25, 0.3) is 0 Å². The van der Waals surface area contributed by atoms with Crippen LogP contribution in [0.5, 0.6) is 0 Å². The van der Waals surface area contributed by atoms with E-state index in [9.17, 15) is 4.39 Å². The summed E-state index contributed by atoms with van der Waals surface area (Å²) < 4.78 is 12.9. The van der Waals surface area contributed by atoms with Crippen LogP contribution in [0.3, 0.4) is 0 Å². The highest BCUT2D eigenvalue weighted by Crippen LogP contribution is 2.24. The highest BCUT2D eigenvalue weighted by atomic mass is 19.1. The van der Waals surface area contributed by atoms with Gasteiger partial charge in [0, 0.05) is 12.6 Å². The van der Waals surface area contributed by atoms with Crippen molar-refractivity contribution in [3.05, 3.63) is 35.6 Å². The zero-order valence-corrected chi connectivity index (χ0v) is 9.17. The molecule has 0 bridgehead atoms. The Hall–Kier alpha value is -0.890. The van der Waals surface area contributed by atoms with Gasteiger partial charge >= 0.3 is 0 Å². The number of rotatable bonds is 3. The van der Waals surface area contributed by atoms with Crippen molar-refractivity contribution in [2.24, 2.45) is 5.92 Å². The molecule has 2 rings (SSSR count). The van der Waals surface area contributed by atoms with Crippen LogP contribution in [0.2, 0.25) is 0 Å². The Morgan fingerprint density at radius 3 is 2.93 bits per heavy atom. The Bertz CT molecular complexity index is 324. The summed E-state index contributed by atoms with van der Waals surface area (Å²) in [4.78, 5) is 0. The molecule has 0 aliphatic heterocycles. The second kappa shape index (κ2) is 4.75. The lowest BCUT2D eigenvalue weighted by Gasteiger charge is -2.12. The second-order valence-electron chi connectivity index (χ2n) is 4.63. The molecule has 1 fully saturated rings. The number of benzene rings is 1. The summed E-state index contributed by atoms with van der Waals surface area (Å²) in [6, 6.07) is 7.45. The third-order valence-electron chi connectivity index (χ3n) is 3.18. The first-order valence-corrected chi connectivity index (χ1v) is 5.72. The van der Waals surface area contributed by atoms with Crippen LogP contribution < -0.4 is 5.32 Å². The summed E-state index contributed by atoms with van der Waals surface area (Å²) in [5.41, 5.74) is 1.04. The molecule has 0 aromatic heterocycles. The molecule has 0 spiro atoms. The van der Waals surface area contributed by atoms with E-state index in [1.165, 1.54) is 25.3 Å². The lowest BCUT2D eigenvalue weighted by atomic mass is 10.1. The summed E-state index contributed by atoms with van der Waals surface area (Å²) in [6.45, 7) is 3.08. The fourth-order valence-electron chi connectivity index (χ4n) is 2.30. The van der Waals surface area contributed by atoms with Crippen LogP contribution in [0, 0.1) is 11.7 Å². The summed E-state index contributed by atoms with van der Waals surface area (Å²) in [5, 5.41) is 3.49. The van der Waals surface area contributed by atoms with Gasteiger partial charge in [-0.25, -0.2) is 4.39 Å². The summed E-state index contributed by atoms with van der Waals surface area (Å²) in [7, 11) is 0. The van der Waals surface area contributed by atoms with E-state index in [2.05, 4.69) is 12.2 Å². The SMILES string of the molecule is C[C@H]1CC[C@H](NCc2cccc(F)c2)C1. The van der Waals surface area contributed by atoms with Crippen molar-refractivity contribution in [3.63, 3.8) is 0 Å². The maximum Gasteiger partial charge on any atom is 0.123 e. The number of hydrogen-bond acceptors (Lipinski definition) is 1. The standard InChI is InChI=1S/C13H18FN/c1-10-5-6-13(7-10)15-9-11-3-2-4-12(14)8-11/h2-4,8,10,13,15H,5-7,9H2,1H3/t10-,13-/m0/s1. The van der Waals surface area contributed by atoms with Gasteiger partial charge in [0.15, 0.2) is 0 Å². The van der Waals surface area contributed by atoms with Gasteiger partial charge in [0.2, 0.25) is 0 Å². The molecule has 2 heteroatoms. The topological polar surface area (TPSA) is 12.0 Å². The smallest absolute Gasteiger partial charge is 0.123 e. The Balaban J connectivity index is 1.83. The third-order valence-corrected chi connectivity index (χ3v) is 3.18. The van der Waals surface area contributed by atoms with Crippen molar-refractivity contribution in [2.75, 3.05) is 0 Å². The van der Waals surface area contributed by atoms with E-state index >= 15 is 0 Å². The van der Waals surface area contributed by atoms with Gasteiger partial charge in [-0.15, -0.1) is 0 Å². The van der Waals surface area contributed by atoms with Crippen molar-refractivity contribution in [3.8, 4) is 0 Å². The van der Waals surface area contributed by atoms with Crippen LogP contribution in [0.1, 0.15) is 31.7 Å². The van der Waals surface area contributed by atoms with Gasteiger partial charge in [-0.2, -0.15) is 0 Å². The van der Waals surface area contributed by atoms with Gasteiger partial charge in [-0.3, -0.25) is 0 Å². The molecule has 0 heterocycles. The average molecular weight is 207 g/mol. The molecule has 15 heavy (non-hydrogen) atoms. The quantitative estimate of drug-likeness (QED) is 0.803. The molecular weight excluding hydrogens is 189 g/mol. The molecule has 1 aliphatic rings. The van der Waals surface area contributed by atoms with Crippen LogP contribution in [0.4, 0.5) is 4.39 Å². The van der Waals surface area contributed by atoms with Gasteiger partial charge in [0.05, 0.1) is 0 Å². The van der Waals surface area contributed by atoms with Crippen LogP contribution in [-0.2, 0) is 6.54 Å². The van der Waals surface area contributed by atoms with Crippen LogP contribution >= 0.6 is 0 Å². The van der Waals surface area contributed by atoms with Gasteiger partial charge in [0.1, 0.15) is 5.82 Å². The first-order chi connectivity index (χ1) is 7.24. The Kier molecular flexibility index (Phi) is 3.37. The molecule has 0 saturated heterocycles. The fraction of sp³-hybridized carbons (Fsp3) is 0.538. The predicted octanol–water partition coefficient (Wildman–Crippen LogP) is 3.10. The van der Waals surface area contributed by atoms with E-state index in [-0.39, 0.29) is 5.82 Å². The second-order valence-corrected chi connectivity index (χ2v) is 4.63. The van der Waals surface area contributed by atoms with Crippen LogP contribution in [0.15, 0.2) is 24.3 Å². The first-order valence-electron chi connectivity index (χ1n) is 5.72. The molecule has 0 radical (unpaired) electrons. The van der Waals surface area contributed by atoms with Crippen LogP contribution in [-0.4, -0.2) is 6.04 Å². The Morgan fingerprint density at radius 1 is 1.40 bits per heavy atom. The van der Waals surface area contributed by atoms with Crippen molar-refractivity contribution < 1.29 is 4.39 Å². The molecule has 1 saturated carbocycles. The van der Waals surface area contributed by atoms with Crippen molar-refractivity contribution in [1.29, 1.82) is 0 Å². The average Bonchev–Trinajstić information content (AvgIpc) is 2.62. The highest BCUT2D eigenvalue weighted by Gasteiger charge is 2.20. The van der Waals surface area contributed by atoms with E-state index in [4.69, 9.17) is 0 Å². The van der Waals surface area contributed by atoms with Crippen molar-refractivity contribution in [1.82, 2.24) is 5.32 Å². The lowest BCUT2D eigenvalue weighted by molar-refractivity contribution is 0.501. The minimum Gasteiger partial charge on any atom is -0.310 e. The normalized spacial score (nSPS) is 25.7. The molecule has 0 amide bonds.